The predicted octanol–water partition coefficient (Wildman–Crippen LogP) is 3.04. The highest BCUT2D eigenvalue weighted by Crippen LogP contribution is 2.28. The Hall–Kier alpha value is -2.36. The van der Waals surface area contributed by atoms with E-state index >= 15 is 0 Å². The third-order valence-electron chi connectivity index (χ3n) is 4.94. The number of amides is 1. The van der Waals surface area contributed by atoms with Crippen LogP contribution in [0.15, 0.2) is 47.4 Å². The summed E-state index contributed by atoms with van der Waals surface area (Å²) in [6, 6.07) is 12.5. The Kier molecular flexibility index (Phi) is 5.13. The number of anilines is 1. The number of sulfonamides is 1. The van der Waals surface area contributed by atoms with Crippen LogP contribution >= 0.6 is 11.7 Å². The quantitative estimate of drug-likeness (QED) is 0.706. The summed E-state index contributed by atoms with van der Waals surface area (Å²) in [6.45, 7) is 2.53. The molecule has 0 radical (unpaired) electrons. The fourth-order valence-corrected chi connectivity index (χ4v) is 5.66. The van der Waals surface area contributed by atoms with Gasteiger partial charge in [0.25, 0.3) is 0 Å². The SMILES string of the molecule is Cc1ccc(NC(=O)[C@H]2CCCN(S(=O)(=O)c3cccc4nsnc34)C2)cc1. The second kappa shape index (κ2) is 7.57. The minimum atomic E-state index is -3.75. The van der Waals surface area contributed by atoms with Gasteiger partial charge in [0.05, 0.1) is 17.6 Å². The maximum atomic E-state index is 13.2. The zero-order valence-electron chi connectivity index (χ0n) is 15.3. The highest BCUT2D eigenvalue weighted by molar-refractivity contribution is 7.89. The molecule has 1 amide bonds. The Morgan fingerprint density at radius 3 is 2.75 bits per heavy atom. The largest absolute Gasteiger partial charge is 0.326 e. The zero-order valence-corrected chi connectivity index (χ0v) is 17.0. The third-order valence-corrected chi connectivity index (χ3v) is 7.38. The highest BCUT2D eigenvalue weighted by atomic mass is 32.2. The number of aromatic nitrogens is 2. The van der Waals surface area contributed by atoms with Crippen LogP contribution < -0.4 is 5.32 Å². The van der Waals surface area contributed by atoms with E-state index in [0.717, 1.165) is 17.3 Å². The van der Waals surface area contributed by atoms with Crippen molar-refractivity contribution in [1.29, 1.82) is 0 Å². The maximum absolute atomic E-state index is 13.2. The number of carbonyl (C=O) groups is 1. The van der Waals surface area contributed by atoms with Gasteiger partial charge in [0.2, 0.25) is 15.9 Å². The molecule has 1 saturated heterocycles. The molecule has 0 unspecified atom stereocenters. The summed E-state index contributed by atoms with van der Waals surface area (Å²) < 4.78 is 36.0. The van der Waals surface area contributed by atoms with Gasteiger partial charge in [-0.1, -0.05) is 23.8 Å². The number of hydrogen-bond acceptors (Lipinski definition) is 6. The molecule has 1 aromatic heterocycles. The van der Waals surface area contributed by atoms with Crippen molar-refractivity contribution in [2.45, 2.75) is 24.7 Å². The molecule has 1 N–H and O–H groups in total. The third kappa shape index (κ3) is 3.65. The summed E-state index contributed by atoms with van der Waals surface area (Å²) in [4.78, 5) is 12.8. The van der Waals surface area contributed by atoms with Crippen LogP contribution in [0.3, 0.4) is 0 Å². The minimum absolute atomic E-state index is 0.151. The van der Waals surface area contributed by atoms with E-state index in [-0.39, 0.29) is 17.3 Å². The minimum Gasteiger partial charge on any atom is -0.326 e. The first-order valence-corrected chi connectivity index (χ1v) is 11.2. The van der Waals surface area contributed by atoms with E-state index in [1.54, 1.807) is 18.2 Å². The van der Waals surface area contributed by atoms with E-state index in [1.807, 2.05) is 31.2 Å². The average molecular weight is 417 g/mol. The summed E-state index contributed by atoms with van der Waals surface area (Å²) in [7, 11) is -3.75. The normalized spacial score (nSPS) is 18.2. The van der Waals surface area contributed by atoms with E-state index in [2.05, 4.69) is 14.1 Å². The fraction of sp³-hybridized carbons (Fsp3) is 0.316. The molecule has 1 atom stereocenters. The Morgan fingerprint density at radius 2 is 1.96 bits per heavy atom. The van der Waals surface area contributed by atoms with Gasteiger partial charge in [0.15, 0.2) is 0 Å². The van der Waals surface area contributed by atoms with Crippen LogP contribution in [0.4, 0.5) is 5.69 Å². The molecule has 1 fully saturated rings. The van der Waals surface area contributed by atoms with Gasteiger partial charge < -0.3 is 5.32 Å². The van der Waals surface area contributed by atoms with Gasteiger partial charge >= 0.3 is 0 Å². The molecule has 0 saturated carbocycles. The first-order valence-electron chi connectivity index (χ1n) is 9.04. The Bertz CT molecular complexity index is 1110. The monoisotopic (exact) mass is 416 g/mol. The van der Waals surface area contributed by atoms with Crippen molar-refractivity contribution in [1.82, 2.24) is 13.1 Å². The van der Waals surface area contributed by atoms with Crippen LogP contribution in [0, 0.1) is 12.8 Å². The topological polar surface area (TPSA) is 92.3 Å². The summed E-state index contributed by atoms with van der Waals surface area (Å²) in [5.41, 5.74) is 2.78. The number of rotatable bonds is 4. The molecule has 0 spiro atoms. The van der Waals surface area contributed by atoms with Crippen LogP contribution in [-0.4, -0.2) is 40.5 Å². The second-order valence-electron chi connectivity index (χ2n) is 6.95. The van der Waals surface area contributed by atoms with Crippen LogP contribution in [0.5, 0.6) is 0 Å². The lowest BCUT2D eigenvalue weighted by atomic mass is 9.98. The first-order chi connectivity index (χ1) is 13.4. The van der Waals surface area contributed by atoms with Crippen molar-refractivity contribution in [2.75, 3.05) is 18.4 Å². The number of piperidine rings is 1. The van der Waals surface area contributed by atoms with Gasteiger partial charge in [0, 0.05) is 18.8 Å². The zero-order chi connectivity index (χ0) is 19.7. The first kappa shape index (κ1) is 19.0. The molecule has 0 bridgehead atoms. The van der Waals surface area contributed by atoms with Crippen molar-refractivity contribution in [3.8, 4) is 0 Å². The molecule has 0 aliphatic carbocycles. The predicted molar refractivity (Wildman–Crippen MR) is 109 cm³/mol. The van der Waals surface area contributed by atoms with Gasteiger partial charge in [-0.3, -0.25) is 4.79 Å². The van der Waals surface area contributed by atoms with E-state index in [4.69, 9.17) is 0 Å². The van der Waals surface area contributed by atoms with Gasteiger partial charge in [-0.2, -0.15) is 13.1 Å². The summed E-state index contributed by atoms with van der Waals surface area (Å²) in [5.74, 6) is -0.546. The van der Waals surface area contributed by atoms with E-state index in [9.17, 15) is 13.2 Å². The molecule has 1 aliphatic heterocycles. The van der Waals surface area contributed by atoms with Crippen molar-refractivity contribution in [3.05, 3.63) is 48.0 Å². The standard InChI is InChI=1S/C19H20N4O3S2/c1-13-7-9-15(10-8-13)20-19(24)14-4-3-11-23(12-14)28(25,26)17-6-2-5-16-18(17)22-27-21-16/h2,5-10,14H,3-4,11-12H2,1H3,(H,20,24)/t14-/m0/s1. The second-order valence-corrected chi connectivity index (χ2v) is 9.38. The van der Waals surface area contributed by atoms with Crippen molar-refractivity contribution >= 4 is 44.4 Å². The molecule has 2 heterocycles. The van der Waals surface area contributed by atoms with E-state index in [0.29, 0.717) is 36.1 Å². The molecule has 28 heavy (non-hydrogen) atoms. The molecule has 4 rings (SSSR count). The Balaban J connectivity index is 1.53. The molecule has 1 aliphatic rings. The molecule has 7 nitrogen and oxygen atoms in total. The Morgan fingerprint density at radius 1 is 1.18 bits per heavy atom. The molecule has 2 aromatic carbocycles. The van der Waals surface area contributed by atoms with Gasteiger partial charge in [-0.15, -0.1) is 0 Å². The van der Waals surface area contributed by atoms with Crippen LogP contribution in [0.25, 0.3) is 11.0 Å². The van der Waals surface area contributed by atoms with Crippen molar-refractivity contribution < 1.29 is 13.2 Å². The number of nitrogens with zero attached hydrogens (tertiary/aromatic N) is 3. The number of aryl methyl sites for hydroxylation is 1. The molecule has 146 valence electrons. The smallest absolute Gasteiger partial charge is 0.245 e. The highest BCUT2D eigenvalue weighted by Gasteiger charge is 2.34. The maximum Gasteiger partial charge on any atom is 0.245 e. The van der Waals surface area contributed by atoms with Crippen molar-refractivity contribution in [2.24, 2.45) is 5.92 Å². The lowest BCUT2D eigenvalue weighted by Gasteiger charge is -2.31. The van der Waals surface area contributed by atoms with Gasteiger partial charge in [-0.05, 0) is 44.0 Å². The fourth-order valence-electron chi connectivity index (χ4n) is 3.38. The van der Waals surface area contributed by atoms with E-state index in [1.165, 1.54) is 4.31 Å². The summed E-state index contributed by atoms with van der Waals surface area (Å²) in [6.07, 6.45) is 1.29. The Labute approximate surface area is 167 Å². The summed E-state index contributed by atoms with van der Waals surface area (Å²) in [5, 5.41) is 2.90. The lowest BCUT2D eigenvalue weighted by Crippen LogP contribution is -2.43. The molecule has 9 heteroatoms. The van der Waals surface area contributed by atoms with E-state index < -0.39 is 15.9 Å². The van der Waals surface area contributed by atoms with Crippen LogP contribution in [0.1, 0.15) is 18.4 Å². The average Bonchev–Trinajstić information content (AvgIpc) is 3.18. The van der Waals surface area contributed by atoms with Crippen LogP contribution in [0.2, 0.25) is 0 Å². The molecular weight excluding hydrogens is 396 g/mol. The molecule has 3 aromatic rings. The number of fused-ring (bicyclic) bond motifs is 1. The lowest BCUT2D eigenvalue weighted by molar-refractivity contribution is -0.120. The van der Waals surface area contributed by atoms with Gasteiger partial charge in [-0.25, -0.2) is 8.42 Å². The number of nitrogens with one attached hydrogen (secondary N) is 1. The van der Waals surface area contributed by atoms with Crippen LogP contribution in [-0.2, 0) is 14.8 Å². The summed E-state index contributed by atoms with van der Waals surface area (Å²) >= 11 is 0.990. The molecular formula is C19H20N4O3S2. The number of carbonyl (C=O) groups excluding carboxylic acids is 1. The number of benzene rings is 2. The van der Waals surface area contributed by atoms with Gasteiger partial charge in [0.1, 0.15) is 15.9 Å². The number of hydrogen-bond donors (Lipinski definition) is 1. The van der Waals surface area contributed by atoms with Crippen molar-refractivity contribution in [3.63, 3.8) is 0 Å².